The van der Waals surface area contributed by atoms with Gasteiger partial charge in [0.05, 0.1) is 5.56 Å². The summed E-state index contributed by atoms with van der Waals surface area (Å²) in [6, 6.07) is 3.33. The van der Waals surface area contributed by atoms with Crippen LogP contribution in [0.2, 0.25) is 0 Å². The Morgan fingerprint density at radius 3 is 2.73 bits per heavy atom. The third-order valence-electron chi connectivity index (χ3n) is 3.08. The molecule has 0 aliphatic carbocycles. The zero-order valence-corrected chi connectivity index (χ0v) is 11.7. The molecular formula is C14H16F2N4O2. The first-order valence-corrected chi connectivity index (χ1v) is 6.79. The Labute approximate surface area is 125 Å². The van der Waals surface area contributed by atoms with Gasteiger partial charge in [-0.1, -0.05) is 6.07 Å². The minimum atomic E-state index is -1.43. The Hall–Kier alpha value is -2.35. The van der Waals surface area contributed by atoms with Crippen molar-refractivity contribution in [1.82, 2.24) is 20.1 Å². The van der Waals surface area contributed by atoms with E-state index in [1.807, 2.05) is 0 Å². The number of aliphatic hydroxyl groups excluding tert-OH is 1. The summed E-state index contributed by atoms with van der Waals surface area (Å²) >= 11 is 0. The number of hydrogen-bond donors (Lipinski definition) is 2. The predicted octanol–water partition coefficient (Wildman–Crippen LogP) is 1.19. The first-order chi connectivity index (χ1) is 10.6. The number of rotatable bonds is 7. The van der Waals surface area contributed by atoms with E-state index < -0.39 is 23.3 Å². The van der Waals surface area contributed by atoms with Crippen LogP contribution in [-0.2, 0) is 11.3 Å². The van der Waals surface area contributed by atoms with Gasteiger partial charge >= 0.3 is 0 Å². The van der Waals surface area contributed by atoms with Gasteiger partial charge in [-0.2, -0.15) is 5.10 Å². The second-order valence-electron chi connectivity index (χ2n) is 4.72. The van der Waals surface area contributed by atoms with Crippen molar-refractivity contribution in [2.24, 2.45) is 0 Å². The Morgan fingerprint density at radius 1 is 1.36 bits per heavy atom. The summed E-state index contributed by atoms with van der Waals surface area (Å²) in [6.07, 6.45) is 2.27. The zero-order valence-electron chi connectivity index (χ0n) is 11.7. The summed E-state index contributed by atoms with van der Waals surface area (Å²) in [6.45, 7) is 0.290. The maximum absolute atomic E-state index is 13.5. The van der Waals surface area contributed by atoms with Crippen molar-refractivity contribution in [2.45, 2.75) is 25.5 Å². The van der Waals surface area contributed by atoms with E-state index in [0.29, 0.717) is 13.0 Å². The lowest BCUT2D eigenvalue weighted by atomic mass is 10.1. The van der Waals surface area contributed by atoms with Gasteiger partial charge in [-0.15, -0.1) is 0 Å². The molecule has 0 aliphatic rings. The second kappa shape index (κ2) is 7.60. The topological polar surface area (TPSA) is 80.0 Å². The number of benzene rings is 1. The number of amides is 1. The van der Waals surface area contributed by atoms with Gasteiger partial charge in [0.15, 0.2) is 0 Å². The third-order valence-corrected chi connectivity index (χ3v) is 3.08. The summed E-state index contributed by atoms with van der Waals surface area (Å²) in [5, 5.41) is 16.1. The van der Waals surface area contributed by atoms with E-state index in [2.05, 4.69) is 15.4 Å². The Bertz CT molecular complexity index is 599. The Kier molecular flexibility index (Phi) is 5.54. The van der Waals surface area contributed by atoms with Gasteiger partial charge in [0.2, 0.25) is 5.91 Å². The van der Waals surface area contributed by atoms with Crippen LogP contribution in [0.15, 0.2) is 30.9 Å². The van der Waals surface area contributed by atoms with E-state index in [4.69, 9.17) is 0 Å². The molecule has 1 unspecified atom stereocenters. The van der Waals surface area contributed by atoms with E-state index in [1.54, 1.807) is 11.0 Å². The molecule has 1 amide bonds. The van der Waals surface area contributed by atoms with Crippen molar-refractivity contribution in [3.8, 4) is 0 Å². The van der Waals surface area contributed by atoms with Gasteiger partial charge < -0.3 is 10.4 Å². The second-order valence-corrected chi connectivity index (χ2v) is 4.72. The molecule has 0 aliphatic heterocycles. The summed E-state index contributed by atoms with van der Waals surface area (Å²) in [5.74, 6) is -1.99. The van der Waals surface area contributed by atoms with E-state index in [0.717, 1.165) is 12.1 Å². The Morgan fingerprint density at radius 2 is 2.09 bits per heavy atom. The number of nitrogens with zero attached hydrogens (tertiary/aromatic N) is 3. The van der Waals surface area contributed by atoms with E-state index in [-0.39, 0.29) is 18.9 Å². The lowest BCUT2D eigenvalue weighted by molar-refractivity contribution is -0.121. The molecule has 1 aromatic carbocycles. The first-order valence-electron chi connectivity index (χ1n) is 6.79. The van der Waals surface area contributed by atoms with Crippen molar-refractivity contribution < 1.29 is 18.7 Å². The first kappa shape index (κ1) is 16.0. The number of halogens is 2. The van der Waals surface area contributed by atoms with Crippen LogP contribution in [0.3, 0.4) is 0 Å². The monoisotopic (exact) mass is 310 g/mol. The molecule has 2 N–H and O–H groups in total. The van der Waals surface area contributed by atoms with E-state index >= 15 is 0 Å². The number of aromatic nitrogens is 3. The lowest BCUT2D eigenvalue weighted by Crippen LogP contribution is -2.29. The summed E-state index contributed by atoms with van der Waals surface area (Å²) in [4.78, 5) is 15.4. The van der Waals surface area contributed by atoms with Crippen molar-refractivity contribution in [2.75, 3.05) is 6.54 Å². The molecule has 8 heteroatoms. The standard InChI is InChI=1S/C14H16F2N4O2/c15-10-3-1-4-11(16)14(10)12(21)7-18-13(22)5-2-6-20-9-17-8-19-20/h1,3-4,8-9,12,21H,2,5-7H2,(H,18,22). The number of aliphatic hydroxyl groups is 1. The largest absolute Gasteiger partial charge is 0.386 e. The molecule has 0 radical (unpaired) electrons. The number of carbonyl (C=O) groups excluding carboxylic acids is 1. The normalized spacial score (nSPS) is 12.1. The van der Waals surface area contributed by atoms with Crippen molar-refractivity contribution in [3.05, 3.63) is 48.1 Å². The highest BCUT2D eigenvalue weighted by Gasteiger charge is 2.18. The number of carbonyl (C=O) groups is 1. The zero-order chi connectivity index (χ0) is 15.9. The van der Waals surface area contributed by atoms with Gasteiger partial charge in [-0.3, -0.25) is 9.48 Å². The molecule has 0 saturated carbocycles. The van der Waals surface area contributed by atoms with Gasteiger partial charge in [0.25, 0.3) is 0 Å². The van der Waals surface area contributed by atoms with Crippen molar-refractivity contribution in [3.63, 3.8) is 0 Å². The lowest BCUT2D eigenvalue weighted by Gasteiger charge is -2.13. The Balaban J connectivity index is 1.76. The van der Waals surface area contributed by atoms with Crippen molar-refractivity contribution in [1.29, 1.82) is 0 Å². The van der Waals surface area contributed by atoms with Gasteiger partial charge in [-0.25, -0.2) is 13.8 Å². The van der Waals surface area contributed by atoms with Crippen LogP contribution in [0.5, 0.6) is 0 Å². The van der Waals surface area contributed by atoms with Crippen LogP contribution in [0, 0.1) is 11.6 Å². The third kappa shape index (κ3) is 4.32. The number of hydrogen-bond acceptors (Lipinski definition) is 4. The fourth-order valence-electron chi connectivity index (χ4n) is 1.98. The number of aryl methyl sites for hydroxylation is 1. The molecule has 22 heavy (non-hydrogen) atoms. The van der Waals surface area contributed by atoms with E-state index in [9.17, 15) is 18.7 Å². The minimum absolute atomic E-state index is 0.215. The SMILES string of the molecule is O=C(CCCn1cncn1)NCC(O)c1c(F)cccc1F. The highest BCUT2D eigenvalue weighted by Crippen LogP contribution is 2.19. The van der Waals surface area contributed by atoms with E-state index in [1.165, 1.54) is 12.4 Å². The summed E-state index contributed by atoms with van der Waals surface area (Å²) in [7, 11) is 0. The molecule has 0 fully saturated rings. The molecule has 118 valence electrons. The molecule has 0 saturated heterocycles. The molecular weight excluding hydrogens is 294 g/mol. The fraction of sp³-hybridized carbons (Fsp3) is 0.357. The number of nitrogens with one attached hydrogen (secondary N) is 1. The predicted molar refractivity (Wildman–Crippen MR) is 73.6 cm³/mol. The molecule has 1 heterocycles. The van der Waals surface area contributed by atoms with Crippen LogP contribution in [-0.4, -0.2) is 32.3 Å². The fourth-order valence-corrected chi connectivity index (χ4v) is 1.98. The molecule has 0 bridgehead atoms. The van der Waals surface area contributed by atoms with Gasteiger partial charge in [0, 0.05) is 19.5 Å². The highest BCUT2D eigenvalue weighted by atomic mass is 19.1. The maximum Gasteiger partial charge on any atom is 0.220 e. The van der Waals surface area contributed by atoms with Crippen LogP contribution in [0.25, 0.3) is 0 Å². The molecule has 2 rings (SSSR count). The van der Waals surface area contributed by atoms with Gasteiger partial charge in [-0.05, 0) is 18.6 Å². The maximum atomic E-state index is 13.5. The molecule has 1 atom stereocenters. The van der Waals surface area contributed by atoms with Crippen LogP contribution >= 0.6 is 0 Å². The minimum Gasteiger partial charge on any atom is -0.386 e. The highest BCUT2D eigenvalue weighted by molar-refractivity contribution is 5.75. The average Bonchev–Trinajstić information content (AvgIpc) is 2.98. The van der Waals surface area contributed by atoms with Crippen LogP contribution in [0.1, 0.15) is 24.5 Å². The molecule has 2 aromatic rings. The molecule has 6 nitrogen and oxygen atoms in total. The molecule has 0 spiro atoms. The van der Waals surface area contributed by atoms with Gasteiger partial charge in [0.1, 0.15) is 30.4 Å². The summed E-state index contributed by atoms with van der Waals surface area (Å²) < 4.78 is 28.5. The quantitative estimate of drug-likeness (QED) is 0.805. The van der Waals surface area contributed by atoms with Crippen LogP contribution in [0.4, 0.5) is 8.78 Å². The smallest absolute Gasteiger partial charge is 0.220 e. The van der Waals surface area contributed by atoms with Crippen molar-refractivity contribution >= 4 is 5.91 Å². The van der Waals surface area contributed by atoms with Crippen LogP contribution < -0.4 is 5.32 Å². The molecule has 1 aromatic heterocycles. The summed E-state index contributed by atoms with van der Waals surface area (Å²) in [5.41, 5.74) is -0.439. The average molecular weight is 310 g/mol.